The first-order valence-corrected chi connectivity index (χ1v) is 6.88. The normalized spacial score (nSPS) is 28.9. The zero-order chi connectivity index (χ0) is 14.3. The summed E-state index contributed by atoms with van der Waals surface area (Å²) in [6.45, 7) is 0. The minimum absolute atomic E-state index is 0.0380. The van der Waals surface area contributed by atoms with Gasteiger partial charge >= 0.3 is 6.18 Å². The van der Waals surface area contributed by atoms with Crippen molar-refractivity contribution in [3.8, 4) is 0 Å². The average Bonchev–Trinajstić information content (AvgIpc) is 3.00. The number of rotatable bonds is 3. The molecule has 2 nitrogen and oxygen atoms in total. The van der Waals surface area contributed by atoms with E-state index in [-0.39, 0.29) is 24.2 Å². The number of carbonyl (C=O) groups excluding carboxylic acids is 1. The minimum Gasteiger partial charge on any atom is -0.310 e. The fourth-order valence-electron chi connectivity index (χ4n) is 3.32. The summed E-state index contributed by atoms with van der Waals surface area (Å²) in [6.07, 6.45) is -1.04. The molecule has 2 aliphatic heterocycles. The van der Waals surface area contributed by atoms with Crippen molar-refractivity contribution in [1.29, 1.82) is 0 Å². The topological polar surface area (TPSA) is 29.1 Å². The van der Waals surface area contributed by atoms with Crippen LogP contribution in [0.1, 0.15) is 30.4 Å². The van der Waals surface area contributed by atoms with Crippen molar-refractivity contribution in [2.45, 2.75) is 43.9 Å². The van der Waals surface area contributed by atoms with E-state index in [1.165, 1.54) is 12.1 Å². The average molecular weight is 283 g/mol. The summed E-state index contributed by atoms with van der Waals surface area (Å²) in [5.74, 6) is 0.181. The summed E-state index contributed by atoms with van der Waals surface area (Å²) in [5.41, 5.74) is -0.0129. The van der Waals surface area contributed by atoms with Gasteiger partial charge in [-0.1, -0.05) is 12.1 Å². The van der Waals surface area contributed by atoms with E-state index < -0.39 is 11.7 Å². The van der Waals surface area contributed by atoms with E-state index in [2.05, 4.69) is 5.32 Å². The van der Waals surface area contributed by atoms with Crippen molar-refractivity contribution < 1.29 is 18.0 Å². The molecule has 1 aromatic rings. The van der Waals surface area contributed by atoms with Crippen LogP contribution in [0.3, 0.4) is 0 Å². The molecule has 1 aromatic carbocycles. The van der Waals surface area contributed by atoms with Gasteiger partial charge in [0.25, 0.3) is 0 Å². The Kier molecular flexibility index (Phi) is 3.32. The number of halogens is 3. The zero-order valence-electron chi connectivity index (χ0n) is 10.9. The van der Waals surface area contributed by atoms with Gasteiger partial charge in [0, 0.05) is 24.4 Å². The number of alkyl halides is 3. The summed E-state index contributed by atoms with van der Waals surface area (Å²) in [6, 6.07) is 5.63. The van der Waals surface area contributed by atoms with Gasteiger partial charge in [-0.25, -0.2) is 0 Å². The lowest BCUT2D eigenvalue weighted by Crippen LogP contribution is -2.29. The van der Waals surface area contributed by atoms with Crippen molar-refractivity contribution >= 4 is 5.78 Å². The van der Waals surface area contributed by atoms with E-state index in [9.17, 15) is 18.0 Å². The molecule has 0 amide bonds. The maximum Gasteiger partial charge on any atom is 0.416 e. The highest BCUT2D eigenvalue weighted by molar-refractivity contribution is 5.84. The molecule has 0 spiro atoms. The monoisotopic (exact) mass is 283 g/mol. The van der Waals surface area contributed by atoms with Gasteiger partial charge in [0.15, 0.2) is 0 Å². The van der Waals surface area contributed by atoms with Crippen molar-refractivity contribution in [2.75, 3.05) is 0 Å². The Morgan fingerprint density at radius 3 is 2.40 bits per heavy atom. The molecule has 0 radical (unpaired) electrons. The first-order valence-electron chi connectivity index (χ1n) is 6.88. The van der Waals surface area contributed by atoms with Crippen LogP contribution in [0.5, 0.6) is 0 Å². The van der Waals surface area contributed by atoms with Crippen LogP contribution in [-0.2, 0) is 17.4 Å². The molecule has 1 N–H and O–H groups in total. The van der Waals surface area contributed by atoms with Gasteiger partial charge in [-0.2, -0.15) is 13.2 Å². The van der Waals surface area contributed by atoms with E-state index >= 15 is 0 Å². The summed E-state index contributed by atoms with van der Waals surface area (Å²) in [5, 5.41) is 3.40. The molecule has 0 saturated carbocycles. The molecule has 2 saturated heterocycles. The molecule has 2 aliphatic rings. The first kappa shape index (κ1) is 13.6. The van der Waals surface area contributed by atoms with Crippen LogP contribution < -0.4 is 5.32 Å². The van der Waals surface area contributed by atoms with Gasteiger partial charge < -0.3 is 5.32 Å². The Balaban J connectivity index is 1.64. The second-order valence-corrected chi connectivity index (χ2v) is 5.73. The second kappa shape index (κ2) is 4.88. The number of fused-ring (bicyclic) bond motifs is 2. The lowest BCUT2D eigenvalue weighted by molar-refractivity contribution is -0.137. The van der Waals surface area contributed by atoms with Crippen LogP contribution in [0.15, 0.2) is 24.3 Å². The molecule has 20 heavy (non-hydrogen) atoms. The number of ketones is 1. The van der Waals surface area contributed by atoms with E-state index in [0.29, 0.717) is 11.6 Å². The molecule has 3 rings (SSSR count). The summed E-state index contributed by atoms with van der Waals surface area (Å²) in [4.78, 5) is 12.2. The van der Waals surface area contributed by atoms with Crippen LogP contribution in [0.25, 0.3) is 0 Å². The van der Waals surface area contributed by atoms with Gasteiger partial charge in [-0.05, 0) is 37.0 Å². The standard InChI is InChI=1S/C15H16F3NO/c16-15(17,18)10-3-1-9(2-4-10)7-14(20)12-8-11-5-6-13(12)19-11/h1-4,11-13,19H,5-8H2. The Labute approximate surface area is 115 Å². The highest BCUT2D eigenvalue weighted by atomic mass is 19.4. The number of hydrogen-bond donors (Lipinski definition) is 1. The molecule has 0 aromatic heterocycles. The third-order valence-corrected chi connectivity index (χ3v) is 4.37. The van der Waals surface area contributed by atoms with Gasteiger partial charge in [0.2, 0.25) is 0 Å². The lowest BCUT2D eigenvalue weighted by atomic mass is 9.84. The van der Waals surface area contributed by atoms with Gasteiger partial charge in [0.05, 0.1) is 5.56 Å². The number of nitrogens with one attached hydrogen (secondary N) is 1. The van der Waals surface area contributed by atoms with E-state index in [1.807, 2.05) is 0 Å². The molecular weight excluding hydrogens is 267 g/mol. The van der Waals surface area contributed by atoms with Crippen molar-refractivity contribution in [3.05, 3.63) is 35.4 Å². The first-order chi connectivity index (χ1) is 9.43. The number of Topliss-reactive ketones (excluding diaryl/α,β-unsaturated/α-hetero) is 1. The maximum atomic E-state index is 12.5. The predicted octanol–water partition coefficient (Wildman–Crippen LogP) is 2.96. The van der Waals surface area contributed by atoms with Crippen molar-refractivity contribution in [2.24, 2.45) is 5.92 Å². The summed E-state index contributed by atoms with van der Waals surface area (Å²) >= 11 is 0. The smallest absolute Gasteiger partial charge is 0.310 e. The number of carbonyl (C=O) groups is 1. The third-order valence-electron chi connectivity index (χ3n) is 4.37. The predicted molar refractivity (Wildman–Crippen MR) is 68.2 cm³/mol. The molecule has 0 aliphatic carbocycles. The van der Waals surface area contributed by atoms with E-state index in [1.54, 1.807) is 0 Å². The van der Waals surface area contributed by atoms with Crippen LogP contribution in [0, 0.1) is 5.92 Å². The fraction of sp³-hybridized carbons (Fsp3) is 0.533. The quantitative estimate of drug-likeness (QED) is 0.924. The summed E-state index contributed by atoms with van der Waals surface area (Å²) in [7, 11) is 0. The van der Waals surface area contributed by atoms with Crippen molar-refractivity contribution in [3.63, 3.8) is 0 Å². The van der Waals surface area contributed by atoms with Crippen LogP contribution in [0.2, 0.25) is 0 Å². The highest BCUT2D eigenvalue weighted by Crippen LogP contribution is 2.34. The summed E-state index contributed by atoms with van der Waals surface area (Å²) < 4.78 is 37.4. The van der Waals surface area contributed by atoms with Gasteiger partial charge in [-0.15, -0.1) is 0 Å². The van der Waals surface area contributed by atoms with E-state index in [4.69, 9.17) is 0 Å². The molecular formula is C15H16F3NO. The van der Waals surface area contributed by atoms with Crippen LogP contribution >= 0.6 is 0 Å². The minimum atomic E-state index is -4.32. The van der Waals surface area contributed by atoms with Crippen LogP contribution in [-0.4, -0.2) is 17.9 Å². The number of hydrogen-bond acceptors (Lipinski definition) is 2. The Hall–Kier alpha value is -1.36. The molecule has 2 heterocycles. The molecule has 2 bridgehead atoms. The second-order valence-electron chi connectivity index (χ2n) is 5.73. The molecule has 108 valence electrons. The molecule has 2 fully saturated rings. The molecule has 3 unspecified atom stereocenters. The Morgan fingerprint density at radius 1 is 1.20 bits per heavy atom. The van der Waals surface area contributed by atoms with E-state index in [0.717, 1.165) is 31.4 Å². The molecule has 3 atom stereocenters. The van der Waals surface area contributed by atoms with Gasteiger partial charge in [0.1, 0.15) is 5.78 Å². The third kappa shape index (κ3) is 2.59. The number of benzene rings is 1. The maximum absolute atomic E-state index is 12.5. The fourth-order valence-corrected chi connectivity index (χ4v) is 3.32. The Morgan fingerprint density at radius 2 is 1.90 bits per heavy atom. The highest BCUT2D eigenvalue weighted by Gasteiger charge is 2.42. The molecule has 5 heteroatoms. The van der Waals surface area contributed by atoms with Crippen LogP contribution in [0.4, 0.5) is 13.2 Å². The van der Waals surface area contributed by atoms with Gasteiger partial charge in [-0.3, -0.25) is 4.79 Å². The lowest BCUT2D eigenvalue weighted by Gasteiger charge is -2.18. The largest absolute Gasteiger partial charge is 0.416 e. The SMILES string of the molecule is O=C(Cc1ccc(C(F)(F)F)cc1)C1CC2CCC1N2. The Bertz CT molecular complexity index is 509. The van der Waals surface area contributed by atoms with Crippen molar-refractivity contribution in [1.82, 2.24) is 5.32 Å². The zero-order valence-corrected chi connectivity index (χ0v) is 10.9.